The molecule has 1 nitrogen and oxygen atoms in total. The Morgan fingerprint density at radius 2 is 1.62 bits per heavy atom. The van der Waals surface area contributed by atoms with Gasteiger partial charge in [-0.15, -0.1) is 5.75 Å². The fourth-order valence-corrected chi connectivity index (χ4v) is 0.435. The summed E-state index contributed by atoms with van der Waals surface area (Å²) in [6, 6.07) is 4.66. The second-order valence-electron chi connectivity index (χ2n) is 1.45. The topological polar surface area (TPSA) is 23.1 Å². The molecule has 8 heavy (non-hydrogen) atoms. The lowest BCUT2D eigenvalue weighted by molar-refractivity contribution is -0.268. The Morgan fingerprint density at radius 1 is 1.12 bits per heavy atom. The molecule has 0 aliphatic heterocycles. The largest absolute Gasteiger partial charge is 0.872 e. The highest BCUT2D eigenvalue weighted by molar-refractivity contribution is 5.18. The summed E-state index contributed by atoms with van der Waals surface area (Å²) in [6.45, 7) is 0. The zero-order valence-electron chi connectivity index (χ0n) is 4.10. The van der Waals surface area contributed by atoms with E-state index in [1.807, 2.05) is 0 Å². The summed E-state index contributed by atoms with van der Waals surface area (Å²) >= 11 is 0. The van der Waals surface area contributed by atoms with Crippen molar-refractivity contribution >= 4 is 0 Å². The van der Waals surface area contributed by atoms with Crippen molar-refractivity contribution in [2.45, 2.75) is 0 Å². The van der Waals surface area contributed by atoms with E-state index >= 15 is 0 Å². The van der Waals surface area contributed by atoms with Crippen LogP contribution in [0.15, 0.2) is 24.3 Å². The SMILES string of the molecule is [O-]c1ccc(F)cc1. The van der Waals surface area contributed by atoms with Gasteiger partial charge in [0.05, 0.1) is 0 Å². The van der Waals surface area contributed by atoms with Gasteiger partial charge in [-0.1, -0.05) is 12.1 Å². The predicted octanol–water partition coefficient (Wildman–Crippen LogP) is 0.899. The van der Waals surface area contributed by atoms with Crippen LogP contribution in [0, 0.1) is 5.82 Å². The minimum absolute atomic E-state index is 0.161. The minimum atomic E-state index is -0.371. The molecule has 0 radical (unpaired) electrons. The lowest BCUT2D eigenvalue weighted by Gasteiger charge is -2.00. The zero-order valence-corrected chi connectivity index (χ0v) is 4.10. The number of hydrogen-bond donors (Lipinski definition) is 0. The Labute approximate surface area is 46.4 Å². The summed E-state index contributed by atoms with van der Waals surface area (Å²) in [7, 11) is 0. The van der Waals surface area contributed by atoms with E-state index in [0.717, 1.165) is 12.1 Å². The molecule has 0 heterocycles. The van der Waals surface area contributed by atoms with Gasteiger partial charge in [0, 0.05) is 0 Å². The average Bonchev–Trinajstić information content (AvgIpc) is 1.77. The Morgan fingerprint density at radius 3 is 2.00 bits per heavy atom. The van der Waals surface area contributed by atoms with Crippen LogP contribution < -0.4 is 5.11 Å². The fraction of sp³-hybridized carbons (Fsp3) is 0. The van der Waals surface area contributed by atoms with E-state index in [-0.39, 0.29) is 11.6 Å². The van der Waals surface area contributed by atoms with Gasteiger partial charge in [-0.25, -0.2) is 4.39 Å². The lowest BCUT2D eigenvalue weighted by Crippen LogP contribution is -1.87. The fourth-order valence-electron chi connectivity index (χ4n) is 0.435. The summed E-state index contributed by atoms with van der Waals surface area (Å²) in [4.78, 5) is 0. The van der Waals surface area contributed by atoms with Gasteiger partial charge in [0.15, 0.2) is 0 Å². The summed E-state index contributed by atoms with van der Waals surface area (Å²) in [6.07, 6.45) is 0. The van der Waals surface area contributed by atoms with Gasteiger partial charge in [0.2, 0.25) is 0 Å². The van der Waals surface area contributed by atoms with Gasteiger partial charge in [-0.05, 0) is 12.1 Å². The minimum Gasteiger partial charge on any atom is -0.872 e. The van der Waals surface area contributed by atoms with Crippen LogP contribution in [0.3, 0.4) is 0 Å². The molecule has 0 atom stereocenters. The molecule has 0 unspecified atom stereocenters. The first-order chi connectivity index (χ1) is 3.79. The van der Waals surface area contributed by atoms with Gasteiger partial charge < -0.3 is 5.11 Å². The highest BCUT2D eigenvalue weighted by Gasteiger charge is 1.80. The third kappa shape index (κ3) is 0.964. The average molecular weight is 111 g/mol. The maximum absolute atomic E-state index is 11.9. The van der Waals surface area contributed by atoms with E-state index in [1.54, 1.807) is 0 Å². The van der Waals surface area contributed by atoms with Crippen molar-refractivity contribution in [2.24, 2.45) is 0 Å². The van der Waals surface area contributed by atoms with E-state index in [2.05, 4.69) is 0 Å². The van der Waals surface area contributed by atoms with Crippen molar-refractivity contribution in [3.63, 3.8) is 0 Å². The third-order valence-electron chi connectivity index (χ3n) is 0.814. The van der Waals surface area contributed by atoms with Crippen molar-refractivity contribution < 1.29 is 9.50 Å². The van der Waals surface area contributed by atoms with E-state index in [4.69, 9.17) is 0 Å². The molecule has 0 bridgehead atoms. The van der Waals surface area contributed by atoms with E-state index in [1.165, 1.54) is 12.1 Å². The van der Waals surface area contributed by atoms with Crippen LogP contribution in [0.2, 0.25) is 0 Å². The Kier molecular flexibility index (Phi) is 1.16. The van der Waals surface area contributed by atoms with Crippen molar-refractivity contribution in [3.05, 3.63) is 30.1 Å². The number of hydrogen-bond acceptors (Lipinski definition) is 1. The molecule has 1 rings (SSSR count). The van der Waals surface area contributed by atoms with Crippen LogP contribution in [0.1, 0.15) is 0 Å². The molecule has 0 saturated carbocycles. The zero-order chi connectivity index (χ0) is 5.98. The van der Waals surface area contributed by atoms with E-state index in [0.29, 0.717) is 0 Å². The van der Waals surface area contributed by atoms with E-state index in [9.17, 15) is 9.50 Å². The van der Waals surface area contributed by atoms with E-state index < -0.39 is 0 Å². The maximum Gasteiger partial charge on any atom is 0.123 e. The second-order valence-corrected chi connectivity index (χ2v) is 1.45. The monoisotopic (exact) mass is 111 g/mol. The molecule has 0 aliphatic carbocycles. The molecule has 0 aromatic heterocycles. The number of rotatable bonds is 0. The smallest absolute Gasteiger partial charge is 0.123 e. The third-order valence-corrected chi connectivity index (χ3v) is 0.814. The van der Waals surface area contributed by atoms with Gasteiger partial charge >= 0.3 is 0 Å². The lowest BCUT2D eigenvalue weighted by atomic mass is 10.3. The molecular formula is C6H4FO-. The quantitative estimate of drug-likeness (QED) is 0.487. The normalized spacial score (nSPS) is 9.12. The van der Waals surface area contributed by atoms with Crippen molar-refractivity contribution in [1.29, 1.82) is 0 Å². The van der Waals surface area contributed by atoms with Gasteiger partial charge in [0.1, 0.15) is 5.82 Å². The van der Waals surface area contributed by atoms with Crippen molar-refractivity contribution in [1.82, 2.24) is 0 Å². The highest BCUT2D eigenvalue weighted by Crippen LogP contribution is 2.03. The Bertz CT molecular complexity index is 147. The molecule has 1 aromatic rings. The molecule has 0 aliphatic rings. The summed E-state index contributed by atoms with van der Waals surface area (Å²) in [5, 5.41) is 10.3. The number of benzene rings is 1. The van der Waals surface area contributed by atoms with Crippen LogP contribution in [0.25, 0.3) is 0 Å². The Balaban J connectivity index is 3.03. The molecular weight excluding hydrogens is 107 g/mol. The molecule has 0 spiro atoms. The molecule has 1 aromatic carbocycles. The number of halogens is 1. The molecule has 2 heteroatoms. The highest BCUT2D eigenvalue weighted by atomic mass is 19.1. The molecule has 0 fully saturated rings. The van der Waals surface area contributed by atoms with Crippen LogP contribution >= 0.6 is 0 Å². The first-order valence-electron chi connectivity index (χ1n) is 2.21. The van der Waals surface area contributed by atoms with Gasteiger partial charge in [-0.3, -0.25) is 0 Å². The first-order valence-corrected chi connectivity index (χ1v) is 2.21. The van der Waals surface area contributed by atoms with Crippen LogP contribution in [-0.4, -0.2) is 0 Å². The molecule has 0 saturated heterocycles. The predicted molar refractivity (Wildman–Crippen MR) is 25.8 cm³/mol. The van der Waals surface area contributed by atoms with Gasteiger partial charge in [-0.2, -0.15) is 0 Å². The standard InChI is InChI=1S/C6H5FO/c7-5-1-3-6(8)4-2-5/h1-4,8H/p-1. The maximum atomic E-state index is 11.9. The summed E-state index contributed by atoms with van der Waals surface area (Å²) in [5.41, 5.74) is 0. The summed E-state index contributed by atoms with van der Waals surface area (Å²) < 4.78 is 11.9. The molecule has 42 valence electrons. The molecule has 0 amide bonds. The Hall–Kier alpha value is -1.05. The van der Waals surface area contributed by atoms with Gasteiger partial charge in [0.25, 0.3) is 0 Å². The second kappa shape index (κ2) is 1.82. The van der Waals surface area contributed by atoms with Crippen LogP contribution in [0.4, 0.5) is 4.39 Å². The summed E-state index contributed by atoms with van der Waals surface area (Å²) in [5.74, 6) is -0.531. The van der Waals surface area contributed by atoms with Crippen LogP contribution in [0.5, 0.6) is 5.75 Å². The van der Waals surface area contributed by atoms with Crippen molar-refractivity contribution in [2.75, 3.05) is 0 Å². The first kappa shape index (κ1) is 5.09. The van der Waals surface area contributed by atoms with Crippen molar-refractivity contribution in [3.8, 4) is 5.75 Å². The molecule has 0 N–H and O–H groups in total. The van der Waals surface area contributed by atoms with Crippen LogP contribution in [-0.2, 0) is 0 Å².